The van der Waals surface area contributed by atoms with Gasteiger partial charge in [-0.15, -0.1) is 0 Å². The molecule has 0 atom stereocenters. The predicted molar refractivity (Wildman–Crippen MR) is 81.7 cm³/mol. The summed E-state index contributed by atoms with van der Waals surface area (Å²) in [6.07, 6.45) is 2.23. The summed E-state index contributed by atoms with van der Waals surface area (Å²) in [6, 6.07) is 15.5. The van der Waals surface area contributed by atoms with Crippen molar-refractivity contribution in [2.45, 2.75) is 25.3 Å². The highest BCUT2D eigenvalue weighted by atomic mass is 32.2. The number of rotatable bonds is 1. The maximum absolute atomic E-state index is 10.7. The molecule has 0 saturated heterocycles. The quantitative estimate of drug-likeness (QED) is 0.531. The minimum Gasteiger partial charge on any atom is -0.279 e. The zero-order valence-electron chi connectivity index (χ0n) is 12.3. The van der Waals surface area contributed by atoms with Gasteiger partial charge in [0.2, 0.25) is 0 Å². The molecule has 1 aliphatic rings. The minimum atomic E-state index is -5.84. The van der Waals surface area contributed by atoms with E-state index in [1.165, 1.54) is 27.8 Å². The van der Waals surface area contributed by atoms with Crippen molar-refractivity contribution in [3.63, 3.8) is 0 Å². The number of hydrogen-bond acceptors (Lipinski definition) is 2. The zero-order chi connectivity index (χ0) is 17.3. The standard InChI is InChI=1S/C15H14.CHF3O3S/c1-2-11-7-5-8-13-10-12-6-3-4-9-14(12)15(11)13;2-1(3,4)8(5,6)7/h3-9H,2,10H2,1H3;(H,5,6,7). The monoisotopic (exact) mass is 344 g/mol. The Hall–Kier alpha value is -1.86. The van der Waals surface area contributed by atoms with E-state index < -0.39 is 15.6 Å². The molecular weight excluding hydrogens is 329 g/mol. The first-order chi connectivity index (χ1) is 10.6. The lowest BCUT2D eigenvalue weighted by Gasteiger charge is -2.06. The van der Waals surface area contributed by atoms with Gasteiger partial charge in [-0.05, 0) is 40.7 Å². The third kappa shape index (κ3) is 3.73. The maximum Gasteiger partial charge on any atom is 0.522 e. The fourth-order valence-electron chi connectivity index (χ4n) is 2.56. The van der Waals surface area contributed by atoms with Crippen LogP contribution >= 0.6 is 0 Å². The second-order valence-corrected chi connectivity index (χ2v) is 6.47. The molecule has 0 aromatic heterocycles. The second kappa shape index (κ2) is 6.33. The van der Waals surface area contributed by atoms with E-state index in [0.717, 1.165) is 12.8 Å². The van der Waals surface area contributed by atoms with E-state index in [0.29, 0.717) is 0 Å². The molecule has 1 N–H and O–H groups in total. The molecule has 2 aromatic carbocycles. The summed E-state index contributed by atoms with van der Waals surface area (Å²) >= 11 is 0. The molecule has 0 fully saturated rings. The molecule has 0 amide bonds. The molecule has 0 heterocycles. The van der Waals surface area contributed by atoms with Gasteiger partial charge in [-0.25, -0.2) is 0 Å². The summed E-state index contributed by atoms with van der Waals surface area (Å²) in [5, 5.41) is 0. The van der Waals surface area contributed by atoms with Crippen molar-refractivity contribution in [3.05, 3.63) is 59.2 Å². The van der Waals surface area contributed by atoms with Crippen LogP contribution in [0.25, 0.3) is 11.1 Å². The minimum absolute atomic E-state index is 1.11. The van der Waals surface area contributed by atoms with Gasteiger partial charge >= 0.3 is 15.6 Å². The van der Waals surface area contributed by atoms with Crippen LogP contribution in [0, 0.1) is 0 Å². The number of fused-ring (bicyclic) bond motifs is 3. The molecule has 124 valence electrons. The number of benzene rings is 2. The number of halogens is 3. The van der Waals surface area contributed by atoms with Crippen molar-refractivity contribution in [1.29, 1.82) is 0 Å². The summed E-state index contributed by atoms with van der Waals surface area (Å²) in [5.74, 6) is 0. The van der Waals surface area contributed by atoms with Crippen molar-refractivity contribution < 1.29 is 26.1 Å². The molecule has 0 saturated carbocycles. The highest BCUT2D eigenvalue weighted by Crippen LogP contribution is 2.38. The Morgan fingerprint density at radius 2 is 1.61 bits per heavy atom. The van der Waals surface area contributed by atoms with Crippen LogP contribution in [0.15, 0.2) is 42.5 Å². The molecular formula is C16H15F3O3S. The van der Waals surface area contributed by atoms with Crippen LogP contribution in [0.3, 0.4) is 0 Å². The Kier molecular flexibility index (Phi) is 4.81. The van der Waals surface area contributed by atoms with Gasteiger partial charge in [0.25, 0.3) is 0 Å². The lowest BCUT2D eigenvalue weighted by atomic mass is 9.98. The van der Waals surface area contributed by atoms with E-state index in [2.05, 4.69) is 49.4 Å². The molecule has 3 nitrogen and oxygen atoms in total. The normalized spacial score (nSPS) is 12.9. The highest BCUT2D eigenvalue weighted by molar-refractivity contribution is 7.86. The SMILES string of the molecule is CCc1cccc2c1-c1ccccc1C2.O=S(=O)(O)C(F)(F)F. The van der Waals surface area contributed by atoms with E-state index in [1.807, 2.05) is 0 Å². The van der Waals surface area contributed by atoms with Crippen LogP contribution in [0.5, 0.6) is 0 Å². The summed E-state index contributed by atoms with van der Waals surface area (Å²) in [4.78, 5) is 0. The molecule has 7 heteroatoms. The van der Waals surface area contributed by atoms with Crippen molar-refractivity contribution in [3.8, 4) is 11.1 Å². The van der Waals surface area contributed by atoms with Crippen LogP contribution in [0.4, 0.5) is 13.2 Å². The summed E-state index contributed by atoms with van der Waals surface area (Å²) in [6.45, 7) is 2.23. The Labute approximate surface area is 132 Å². The van der Waals surface area contributed by atoms with Crippen LogP contribution < -0.4 is 0 Å². The van der Waals surface area contributed by atoms with Crippen LogP contribution in [-0.4, -0.2) is 18.5 Å². The molecule has 0 bridgehead atoms. The smallest absolute Gasteiger partial charge is 0.279 e. The van der Waals surface area contributed by atoms with E-state index in [4.69, 9.17) is 13.0 Å². The predicted octanol–water partition coefficient (Wildman–Crippen LogP) is 4.21. The van der Waals surface area contributed by atoms with Gasteiger partial charge in [0.1, 0.15) is 0 Å². The second-order valence-electron chi connectivity index (χ2n) is 5.06. The van der Waals surface area contributed by atoms with Gasteiger partial charge in [-0.3, -0.25) is 4.55 Å². The molecule has 0 unspecified atom stereocenters. The fraction of sp³-hybridized carbons (Fsp3) is 0.250. The van der Waals surface area contributed by atoms with Crippen LogP contribution in [-0.2, 0) is 23.0 Å². The summed E-state index contributed by atoms with van der Waals surface area (Å²) in [7, 11) is -5.84. The molecule has 0 radical (unpaired) electrons. The van der Waals surface area contributed by atoms with Crippen LogP contribution in [0.1, 0.15) is 23.6 Å². The average molecular weight is 344 g/mol. The van der Waals surface area contributed by atoms with E-state index in [-0.39, 0.29) is 0 Å². The average Bonchev–Trinajstić information content (AvgIpc) is 2.84. The lowest BCUT2D eigenvalue weighted by molar-refractivity contribution is -0.0510. The Morgan fingerprint density at radius 3 is 2.17 bits per heavy atom. The Bertz CT molecular complexity index is 812. The topological polar surface area (TPSA) is 54.4 Å². The van der Waals surface area contributed by atoms with E-state index >= 15 is 0 Å². The van der Waals surface area contributed by atoms with Crippen molar-refractivity contribution in [1.82, 2.24) is 0 Å². The molecule has 0 aliphatic heterocycles. The molecule has 23 heavy (non-hydrogen) atoms. The van der Waals surface area contributed by atoms with Crippen LogP contribution in [0.2, 0.25) is 0 Å². The van der Waals surface area contributed by atoms with E-state index in [9.17, 15) is 13.2 Å². The lowest BCUT2D eigenvalue weighted by Crippen LogP contribution is -2.21. The molecule has 0 spiro atoms. The Balaban J connectivity index is 0.000000207. The molecule has 1 aliphatic carbocycles. The van der Waals surface area contributed by atoms with Gasteiger partial charge in [-0.1, -0.05) is 49.4 Å². The first-order valence-corrected chi connectivity index (χ1v) is 8.32. The van der Waals surface area contributed by atoms with Gasteiger partial charge in [0, 0.05) is 0 Å². The number of alkyl halides is 3. The van der Waals surface area contributed by atoms with Gasteiger partial charge in [0.05, 0.1) is 0 Å². The van der Waals surface area contributed by atoms with Gasteiger partial charge in [-0.2, -0.15) is 21.6 Å². The first kappa shape index (κ1) is 17.5. The highest BCUT2D eigenvalue weighted by Gasteiger charge is 2.44. The third-order valence-corrected chi connectivity index (χ3v) is 4.16. The van der Waals surface area contributed by atoms with Gasteiger partial charge < -0.3 is 0 Å². The largest absolute Gasteiger partial charge is 0.522 e. The molecule has 2 aromatic rings. The molecule has 3 rings (SSSR count). The number of aryl methyl sites for hydroxylation is 1. The number of hydrogen-bond donors (Lipinski definition) is 1. The first-order valence-electron chi connectivity index (χ1n) is 6.88. The third-order valence-electron chi connectivity index (χ3n) is 3.58. The zero-order valence-corrected chi connectivity index (χ0v) is 13.1. The van der Waals surface area contributed by atoms with E-state index in [1.54, 1.807) is 0 Å². The Morgan fingerprint density at radius 1 is 1.04 bits per heavy atom. The fourth-order valence-corrected chi connectivity index (χ4v) is 2.56. The summed E-state index contributed by atoms with van der Waals surface area (Å²) in [5.41, 5.74) is 1.87. The van der Waals surface area contributed by atoms with Gasteiger partial charge in [0.15, 0.2) is 0 Å². The van der Waals surface area contributed by atoms with Crippen molar-refractivity contribution >= 4 is 10.1 Å². The van der Waals surface area contributed by atoms with Crippen molar-refractivity contribution in [2.75, 3.05) is 0 Å². The summed E-state index contributed by atoms with van der Waals surface area (Å²) < 4.78 is 57.5. The van der Waals surface area contributed by atoms with Crippen molar-refractivity contribution in [2.24, 2.45) is 0 Å². The maximum atomic E-state index is 10.7.